The molecule has 0 aromatic heterocycles. The van der Waals surface area contributed by atoms with Gasteiger partial charge in [-0.25, -0.2) is 4.79 Å². The third-order valence-electron chi connectivity index (χ3n) is 8.27. The fourth-order valence-electron chi connectivity index (χ4n) is 6.46. The lowest BCUT2D eigenvalue weighted by Gasteiger charge is -2.37. The average Bonchev–Trinajstić information content (AvgIpc) is 3.65. The molecule has 1 saturated heterocycles. The lowest BCUT2D eigenvalue weighted by atomic mass is 9.63. The normalized spacial score (nSPS) is 30.6. The van der Waals surface area contributed by atoms with Crippen LogP contribution in [0.2, 0.25) is 0 Å². The SMILES string of the molecule is Cc1ccc(C(=O)COC(=O)[C@@H](Cc2ccccc2)N2C(=O)[C@@H]3[C@@H]4C=C[C@H]([C@H]5C[C@H]45)[C@@H]3C2=O)cc1. The summed E-state index contributed by atoms with van der Waals surface area (Å²) in [4.78, 5) is 54.4. The zero-order valence-electron chi connectivity index (χ0n) is 19.5. The number of esters is 1. The molecule has 35 heavy (non-hydrogen) atoms. The highest BCUT2D eigenvalue weighted by atomic mass is 16.5. The number of carbonyl (C=O) groups excluding carboxylic acids is 4. The number of likely N-dealkylation sites (tertiary alicyclic amines) is 1. The van der Waals surface area contributed by atoms with E-state index < -0.39 is 18.6 Å². The number of aryl methyl sites for hydroxylation is 1. The molecule has 0 N–H and O–H groups in total. The van der Waals surface area contributed by atoms with Crippen molar-refractivity contribution in [2.75, 3.05) is 6.61 Å². The van der Waals surface area contributed by atoms with Gasteiger partial charge in [-0.1, -0.05) is 72.3 Å². The Kier molecular flexibility index (Phi) is 5.20. The van der Waals surface area contributed by atoms with Crippen molar-refractivity contribution in [3.63, 3.8) is 0 Å². The molecule has 2 saturated carbocycles. The molecular weight excluding hydrogens is 442 g/mol. The minimum Gasteiger partial charge on any atom is -0.456 e. The molecule has 6 nitrogen and oxygen atoms in total. The molecule has 178 valence electrons. The Morgan fingerprint density at radius 1 is 0.914 bits per heavy atom. The van der Waals surface area contributed by atoms with Gasteiger partial charge in [0.2, 0.25) is 11.8 Å². The largest absolute Gasteiger partial charge is 0.456 e. The van der Waals surface area contributed by atoms with Crippen LogP contribution in [0.15, 0.2) is 66.7 Å². The first kappa shape index (κ1) is 22.0. The van der Waals surface area contributed by atoms with E-state index in [2.05, 4.69) is 12.2 Å². The number of ketones is 1. The number of amides is 2. The molecule has 2 aromatic rings. The highest BCUT2D eigenvalue weighted by molar-refractivity contribution is 6.09. The van der Waals surface area contributed by atoms with Gasteiger partial charge in [0.05, 0.1) is 11.8 Å². The van der Waals surface area contributed by atoms with E-state index in [4.69, 9.17) is 4.74 Å². The molecule has 4 aliphatic carbocycles. The van der Waals surface area contributed by atoms with Crippen LogP contribution < -0.4 is 0 Å². The van der Waals surface area contributed by atoms with E-state index in [1.165, 1.54) is 4.90 Å². The highest BCUT2D eigenvalue weighted by Crippen LogP contribution is 2.65. The number of hydrogen-bond acceptors (Lipinski definition) is 5. The molecule has 6 heteroatoms. The second kappa shape index (κ2) is 8.29. The second-order valence-corrected chi connectivity index (χ2v) is 10.3. The first-order valence-electron chi connectivity index (χ1n) is 12.3. The van der Waals surface area contributed by atoms with Gasteiger partial charge in [0.25, 0.3) is 0 Å². The first-order valence-corrected chi connectivity index (χ1v) is 12.3. The van der Waals surface area contributed by atoms with E-state index in [9.17, 15) is 19.2 Å². The summed E-state index contributed by atoms with van der Waals surface area (Å²) < 4.78 is 5.43. The van der Waals surface area contributed by atoms with Gasteiger partial charge in [0, 0.05) is 12.0 Å². The van der Waals surface area contributed by atoms with Gasteiger partial charge < -0.3 is 4.74 Å². The van der Waals surface area contributed by atoms with Crippen LogP contribution in [0.25, 0.3) is 0 Å². The van der Waals surface area contributed by atoms with Crippen molar-refractivity contribution in [1.82, 2.24) is 4.90 Å². The number of carbonyl (C=O) groups is 4. The number of allylic oxidation sites excluding steroid dienone is 2. The molecule has 0 unspecified atom stereocenters. The van der Waals surface area contributed by atoms with E-state index in [0.29, 0.717) is 17.4 Å². The Balaban J connectivity index is 1.25. The molecular formula is C29H27NO5. The van der Waals surface area contributed by atoms with Gasteiger partial charge in [-0.3, -0.25) is 19.3 Å². The van der Waals surface area contributed by atoms with Gasteiger partial charge in [-0.15, -0.1) is 0 Å². The van der Waals surface area contributed by atoms with Crippen LogP contribution in [-0.4, -0.2) is 41.1 Å². The number of ether oxygens (including phenoxy) is 1. The zero-order valence-corrected chi connectivity index (χ0v) is 19.5. The Morgan fingerprint density at radius 2 is 1.51 bits per heavy atom. The van der Waals surface area contributed by atoms with Crippen LogP contribution >= 0.6 is 0 Å². The molecule has 3 fully saturated rings. The predicted molar refractivity (Wildman–Crippen MR) is 127 cm³/mol. The maximum Gasteiger partial charge on any atom is 0.330 e. The van der Waals surface area contributed by atoms with Gasteiger partial charge in [-0.2, -0.15) is 0 Å². The van der Waals surface area contributed by atoms with E-state index in [0.717, 1.165) is 17.5 Å². The molecule has 0 spiro atoms. The third-order valence-corrected chi connectivity index (χ3v) is 8.27. The summed E-state index contributed by atoms with van der Waals surface area (Å²) in [6.45, 7) is 1.49. The topological polar surface area (TPSA) is 80.8 Å². The van der Waals surface area contributed by atoms with Crippen molar-refractivity contribution in [3.8, 4) is 0 Å². The molecule has 1 aliphatic heterocycles. The molecule has 2 bridgehead atoms. The number of rotatable bonds is 7. The van der Waals surface area contributed by atoms with Crippen molar-refractivity contribution < 1.29 is 23.9 Å². The summed E-state index contributed by atoms with van der Waals surface area (Å²) in [5, 5.41) is 0. The van der Waals surface area contributed by atoms with Crippen LogP contribution in [-0.2, 0) is 25.5 Å². The number of nitrogens with zero attached hydrogens (tertiary/aromatic N) is 1. The van der Waals surface area contributed by atoms with Crippen LogP contribution in [0.5, 0.6) is 0 Å². The van der Waals surface area contributed by atoms with Crippen molar-refractivity contribution in [2.45, 2.75) is 25.8 Å². The third kappa shape index (κ3) is 3.63. The predicted octanol–water partition coefficient (Wildman–Crippen LogP) is 3.39. The van der Waals surface area contributed by atoms with E-state index >= 15 is 0 Å². The monoisotopic (exact) mass is 469 g/mol. The number of Topliss-reactive ketones (excluding diaryl/α,β-unsaturated/α-hetero) is 1. The summed E-state index contributed by atoms with van der Waals surface area (Å²) in [7, 11) is 0. The summed E-state index contributed by atoms with van der Waals surface area (Å²) in [6, 6.07) is 15.2. The van der Waals surface area contributed by atoms with E-state index in [1.54, 1.807) is 12.1 Å². The molecule has 1 heterocycles. The summed E-state index contributed by atoms with van der Waals surface area (Å²) >= 11 is 0. The van der Waals surface area contributed by atoms with Crippen molar-refractivity contribution in [3.05, 3.63) is 83.4 Å². The van der Waals surface area contributed by atoms with Gasteiger partial charge in [0.15, 0.2) is 12.4 Å². The van der Waals surface area contributed by atoms with Crippen molar-refractivity contribution in [2.24, 2.45) is 35.5 Å². The zero-order chi connectivity index (χ0) is 24.3. The molecule has 0 radical (unpaired) electrons. The average molecular weight is 470 g/mol. The Hall–Kier alpha value is -3.54. The van der Waals surface area contributed by atoms with Crippen molar-refractivity contribution >= 4 is 23.6 Å². The van der Waals surface area contributed by atoms with Crippen molar-refractivity contribution in [1.29, 1.82) is 0 Å². The van der Waals surface area contributed by atoms with Crippen LogP contribution in [0.4, 0.5) is 0 Å². The number of benzene rings is 2. The molecule has 2 amide bonds. The summed E-state index contributed by atoms with van der Waals surface area (Å²) in [6.07, 6.45) is 5.45. The van der Waals surface area contributed by atoms with E-state index in [1.807, 2.05) is 49.4 Å². The van der Waals surface area contributed by atoms with Gasteiger partial charge in [-0.05, 0) is 42.6 Å². The quantitative estimate of drug-likeness (QED) is 0.269. The lowest BCUT2D eigenvalue weighted by molar-refractivity contribution is -0.158. The first-order chi connectivity index (χ1) is 16.9. The van der Waals surface area contributed by atoms with Gasteiger partial charge >= 0.3 is 5.97 Å². The van der Waals surface area contributed by atoms with Gasteiger partial charge in [0.1, 0.15) is 6.04 Å². The highest BCUT2D eigenvalue weighted by Gasteiger charge is 2.68. The minimum absolute atomic E-state index is 0.0768. The van der Waals surface area contributed by atoms with Crippen LogP contribution in [0.3, 0.4) is 0 Å². The molecule has 7 rings (SSSR count). The fourth-order valence-corrected chi connectivity index (χ4v) is 6.46. The minimum atomic E-state index is -1.09. The molecule has 2 aromatic carbocycles. The Bertz CT molecular complexity index is 1200. The maximum absolute atomic E-state index is 13.6. The molecule has 7 atom stereocenters. The fraction of sp³-hybridized carbons (Fsp3) is 0.379. The lowest BCUT2D eigenvalue weighted by Crippen LogP contribution is -2.48. The second-order valence-electron chi connectivity index (χ2n) is 10.3. The van der Waals surface area contributed by atoms with Crippen LogP contribution in [0, 0.1) is 42.4 Å². The Morgan fingerprint density at radius 3 is 2.11 bits per heavy atom. The molecule has 5 aliphatic rings. The maximum atomic E-state index is 13.6. The smallest absolute Gasteiger partial charge is 0.330 e. The van der Waals surface area contributed by atoms with E-state index in [-0.39, 0.29) is 47.7 Å². The Labute approximate surface area is 203 Å². The summed E-state index contributed by atoms with van der Waals surface area (Å²) in [5.41, 5.74) is 2.29. The van der Waals surface area contributed by atoms with Crippen LogP contribution in [0.1, 0.15) is 27.9 Å². The number of hydrogen-bond donors (Lipinski definition) is 0. The number of imide groups is 1. The standard InChI is InChI=1S/C29H27NO5/c1-16-7-9-18(10-8-16)24(31)15-35-29(34)23(13-17-5-3-2-4-6-17)30-27(32)25-19-11-12-20(22-14-21(19)22)26(25)28(30)33/h2-12,19-23,25-26H,13-15H2,1H3/t19-,20-,21-,22-,23-,25-,26+/m1/s1. The summed E-state index contributed by atoms with van der Waals surface area (Å²) in [5.74, 6) is -1.25.